The Kier molecular flexibility index (Phi) is 3.28. The fourth-order valence-corrected chi connectivity index (χ4v) is 2.63. The Morgan fingerprint density at radius 3 is 3.07 bits per heavy atom. The molecule has 0 atom stereocenters. The van der Waals surface area contributed by atoms with Crippen molar-refractivity contribution in [2.75, 3.05) is 0 Å². The fourth-order valence-electron chi connectivity index (χ4n) is 1.51. The molecule has 0 N–H and O–H groups in total. The third-order valence-electron chi connectivity index (χ3n) is 2.19. The van der Waals surface area contributed by atoms with Gasteiger partial charge in [-0.15, -0.1) is 11.3 Å². The van der Waals surface area contributed by atoms with Crippen LogP contribution in [0.4, 0.5) is 0 Å². The number of pyridine rings is 1. The van der Waals surface area contributed by atoms with Crippen molar-refractivity contribution < 1.29 is 0 Å². The molecule has 2 nitrogen and oxygen atoms in total. The van der Waals surface area contributed by atoms with Gasteiger partial charge in [-0.1, -0.05) is 6.92 Å². The zero-order valence-electron chi connectivity index (χ0n) is 8.51. The lowest BCUT2D eigenvalue weighted by atomic mass is 10.2. The summed E-state index contributed by atoms with van der Waals surface area (Å²) >= 11 is 6.92. The molecule has 0 unspecified atom stereocenters. The van der Waals surface area contributed by atoms with Crippen LogP contribution in [0.2, 0.25) is 0 Å². The van der Waals surface area contributed by atoms with Gasteiger partial charge in [-0.3, -0.25) is 4.98 Å². The normalized spacial score (nSPS) is 10.5. The Morgan fingerprint density at radius 2 is 2.40 bits per heavy atom. The van der Waals surface area contributed by atoms with Crippen LogP contribution in [-0.2, 0) is 6.54 Å². The maximum atomic E-state index is 5.30. The molecule has 2 aromatic rings. The molecule has 0 radical (unpaired) electrons. The molecule has 0 bridgehead atoms. The molecule has 0 saturated heterocycles. The fraction of sp³-hybridized carbons (Fsp3) is 0.273. The van der Waals surface area contributed by atoms with Gasteiger partial charge in [-0.05, 0) is 30.8 Å². The monoisotopic (exact) mass is 236 g/mol. The van der Waals surface area contributed by atoms with Crippen molar-refractivity contribution in [2.24, 2.45) is 0 Å². The van der Waals surface area contributed by atoms with Crippen LogP contribution in [0.1, 0.15) is 13.3 Å². The second-order valence-corrected chi connectivity index (χ2v) is 4.78. The average molecular weight is 236 g/mol. The summed E-state index contributed by atoms with van der Waals surface area (Å²) < 4.78 is 3.12. The van der Waals surface area contributed by atoms with E-state index in [1.807, 2.05) is 12.3 Å². The third-order valence-corrected chi connectivity index (χ3v) is 3.46. The van der Waals surface area contributed by atoms with Gasteiger partial charge < -0.3 is 4.57 Å². The summed E-state index contributed by atoms with van der Waals surface area (Å²) in [6.07, 6.45) is 4.76. The maximum Gasteiger partial charge on any atom is 0.161 e. The predicted molar refractivity (Wildman–Crippen MR) is 66.7 cm³/mol. The topological polar surface area (TPSA) is 17.8 Å². The van der Waals surface area contributed by atoms with Crippen LogP contribution in [0, 0.1) is 3.95 Å². The summed E-state index contributed by atoms with van der Waals surface area (Å²) in [5.74, 6) is 0. The molecular formula is C11H12N2S2. The van der Waals surface area contributed by atoms with Crippen LogP contribution in [0.5, 0.6) is 0 Å². The van der Waals surface area contributed by atoms with Crippen molar-refractivity contribution in [3.63, 3.8) is 0 Å². The van der Waals surface area contributed by atoms with Crippen molar-refractivity contribution in [3.05, 3.63) is 33.9 Å². The lowest BCUT2D eigenvalue weighted by Gasteiger charge is -2.06. The van der Waals surface area contributed by atoms with Gasteiger partial charge in [0.2, 0.25) is 0 Å². The largest absolute Gasteiger partial charge is 0.323 e. The van der Waals surface area contributed by atoms with Crippen LogP contribution < -0.4 is 0 Å². The molecule has 2 rings (SSSR count). The summed E-state index contributed by atoms with van der Waals surface area (Å²) in [5, 5.41) is 2.11. The lowest BCUT2D eigenvalue weighted by Crippen LogP contribution is -1.98. The summed E-state index contributed by atoms with van der Waals surface area (Å²) in [4.78, 5) is 4.13. The van der Waals surface area contributed by atoms with Crippen molar-refractivity contribution in [2.45, 2.75) is 19.9 Å². The number of rotatable bonds is 3. The van der Waals surface area contributed by atoms with Gasteiger partial charge in [0.05, 0.1) is 5.69 Å². The first-order chi connectivity index (χ1) is 7.33. The highest BCUT2D eigenvalue weighted by Gasteiger charge is 2.05. The van der Waals surface area contributed by atoms with Crippen LogP contribution >= 0.6 is 23.6 Å². The number of aromatic nitrogens is 2. The van der Waals surface area contributed by atoms with Gasteiger partial charge in [0.25, 0.3) is 0 Å². The molecule has 0 spiro atoms. The van der Waals surface area contributed by atoms with Crippen LogP contribution in [0.15, 0.2) is 29.9 Å². The molecule has 78 valence electrons. The quantitative estimate of drug-likeness (QED) is 0.755. The molecular weight excluding hydrogens is 224 g/mol. The van der Waals surface area contributed by atoms with Gasteiger partial charge in [0, 0.05) is 29.9 Å². The van der Waals surface area contributed by atoms with Crippen LogP contribution in [-0.4, -0.2) is 9.55 Å². The number of hydrogen-bond donors (Lipinski definition) is 0. The first kappa shape index (κ1) is 10.5. The van der Waals surface area contributed by atoms with Crippen molar-refractivity contribution in [3.8, 4) is 11.3 Å². The van der Waals surface area contributed by atoms with Crippen molar-refractivity contribution in [1.82, 2.24) is 9.55 Å². The molecule has 0 aliphatic carbocycles. The van der Waals surface area contributed by atoms with E-state index in [1.165, 1.54) is 5.69 Å². The molecule has 0 aliphatic heterocycles. The predicted octanol–water partition coefficient (Wildman–Crippen LogP) is 3.75. The molecule has 2 aromatic heterocycles. The van der Waals surface area contributed by atoms with E-state index in [2.05, 4.69) is 27.9 Å². The highest BCUT2D eigenvalue weighted by molar-refractivity contribution is 7.73. The average Bonchev–Trinajstić information content (AvgIpc) is 2.63. The Bertz CT molecular complexity index is 485. The first-order valence-corrected chi connectivity index (χ1v) is 6.20. The lowest BCUT2D eigenvalue weighted by molar-refractivity contribution is 0.685. The number of hydrogen-bond acceptors (Lipinski definition) is 3. The molecule has 0 fully saturated rings. The van der Waals surface area contributed by atoms with E-state index in [0.717, 1.165) is 22.5 Å². The van der Waals surface area contributed by atoms with E-state index < -0.39 is 0 Å². The van der Waals surface area contributed by atoms with Gasteiger partial charge >= 0.3 is 0 Å². The van der Waals surface area contributed by atoms with E-state index in [0.29, 0.717) is 0 Å². The van der Waals surface area contributed by atoms with E-state index in [4.69, 9.17) is 12.2 Å². The van der Waals surface area contributed by atoms with Gasteiger partial charge in [0.1, 0.15) is 0 Å². The third kappa shape index (κ3) is 2.16. The minimum absolute atomic E-state index is 0.940. The Morgan fingerprint density at radius 1 is 1.53 bits per heavy atom. The molecule has 0 amide bonds. The summed E-state index contributed by atoms with van der Waals surface area (Å²) in [7, 11) is 0. The smallest absolute Gasteiger partial charge is 0.161 e. The molecule has 0 saturated carbocycles. The van der Waals surface area contributed by atoms with Gasteiger partial charge in [-0.25, -0.2) is 0 Å². The van der Waals surface area contributed by atoms with E-state index >= 15 is 0 Å². The zero-order valence-corrected chi connectivity index (χ0v) is 10.1. The van der Waals surface area contributed by atoms with Crippen LogP contribution in [0.3, 0.4) is 0 Å². The number of thiazole rings is 1. The Labute approximate surface area is 98.2 Å². The molecule has 0 aromatic carbocycles. The van der Waals surface area contributed by atoms with Gasteiger partial charge in [0.15, 0.2) is 3.95 Å². The highest BCUT2D eigenvalue weighted by Crippen LogP contribution is 2.23. The second-order valence-electron chi connectivity index (χ2n) is 3.28. The van der Waals surface area contributed by atoms with Gasteiger partial charge in [-0.2, -0.15) is 0 Å². The molecule has 0 aliphatic rings. The molecule has 15 heavy (non-hydrogen) atoms. The van der Waals surface area contributed by atoms with E-state index in [9.17, 15) is 0 Å². The van der Waals surface area contributed by atoms with Crippen molar-refractivity contribution >= 4 is 23.6 Å². The zero-order chi connectivity index (χ0) is 10.7. The first-order valence-electron chi connectivity index (χ1n) is 4.91. The standard InChI is InChI=1S/C11H12N2S2/c1-2-6-13-10(8-15-11(13)14)9-4-3-5-12-7-9/h3-5,7-8H,2,6H2,1H3. The van der Waals surface area contributed by atoms with E-state index in [1.54, 1.807) is 17.5 Å². The SMILES string of the molecule is CCCn1c(-c2cccnc2)csc1=S. The minimum atomic E-state index is 0.940. The maximum absolute atomic E-state index is 5.30. The summed E-state index contributed by atoms with van der Waals surface area (Å²) in [6.45, 7) is 3.14. The Balaban J connectivity index is 2.49. The molecule has 2 heterocycles. The number of nitrogens with zero attached hydrogens (tertiary/aromatic N) is 2. The van der Waals surface area contributed by atoms with Crippen molar-refractivity contribution in [1.29, 1.82) is 0 Å². The minimum Gasteiger partial charge on any atom is -0.323 e. The van der Waals surface area contributed by atoms with E-state index in [-0.39, 0.29) is 0 Å². The highest BCUT2D eigenvalue weighted by atomic mass is 32.1. The van der Waals surface area contributed by atoms with Crippen LogP contribution in [0.25, 0.3) is 11.3 Å². The Hall–Kier alpha value is -1.00. The second kappa shape index (κ2) is 4.68. The summed E-state index contributed by atoms with van der Waals surface area (Å²) in [6, 6.07) is 4.02. The molecule has 4 heteroatoms. The summed E-state index contributed by atoms with van der Waals surface area (Å²) in [5.41, 5.74) is 2.32.